The molecule has 2 fully saturated rings. The number of hydrogen-bond donors (Lipinski definition) is 0. The molecule has 0 aromatic heterocycles. The molecule has 2 aromatic rings. The van der Waals surface area contributed by atoms with Gasteiger partial charge in [-0.1, -0.05) is 42.5 Å². The Labute approximate surface area is 191 Å². The fourth-order valence-corrected chi connectivity index (χ4v) is 4.30. The molecule has 0 aliphatic carbocycles. The van der Waals surface area contributed by atoms with Crippen LogP contribution in [0.25, 0.3) is 6.08 Å². The highest BCUT2D eigenvalue weighted by Gasteiger charge is 2.34. The molecule has 3 amide bonds. The molecule has 8 heteroatoms. The second-order valence-corrected chi connectivity index (χ2v) is 8.41. The normalized spacial score (nSPS) is 17.8. The van der Waals surface area contributed by atoms with Crippen LogP contribution in [0.5, 0.6) is 5.75 Å². The Morgan fingerprint density at radius 2 is 1.75 bits per heavy atom. The zero-order chi connectivity index (χ0) is 22.3. The molecule has 32 heavy (non-hydrogen) atoms. The number of rotatable bonds is 7. The molecule has 2 saturated heterocycles. The van der Waals surface area contributed by atoms with Gasteiger partial charge < -0.3 is 14.4 Å². The van der Waals surface area contributed by atoms with Crippen molar-refractivity contribution < 1.29 is 23.9 Å². The maximum absolute atomic E-state index is 12.7. The van der Waals surface area contributed by atoms with E-state index in [1.807, 2.05) is 30.3 Å². The first-order chi connectivity index (χ1) is 15.6. The van der Waals surface area contributed by atoms with Crippen molar-refractivity contribution in [2.24, 2.45) is 0 Å². The fourth-order valence-electron chi connectivity index (χ4n) is 3.44. The highest BCUT2D eigenvalue weighted by molar-refractivity contribution is 8.18. The van der Waals surface area contributed by atoms with Crippen LogP contribution in [-0.2, 0) is 20.7 Å². The lowest BCUT2D eigenvalue weighted by atomic mass is 10.1. The summed E-state index contributed by atoms with van der Waals surface area (Å²) in [6, 6.07) is 16.9. The Balaban J connectivity index is 1.31. The molecule has 0 atom stereocenters. The van der Waals surface area contributed by atoms with Gasteiger partial charge in [-0.05, 0) is 47.5 Å². The van der Waals surface area contributed by atoms with Gasteiger partial charge in [0.15, 0.2) is 6.61 Å². The molecule has 2 heterocycles. The van der Waals surface area contributed by atoms with Crippen molar-refractivity contribution in [3.63, 3.8) is 0 Å². The van der Waals surface area contributed by atoms with E-state index in [4.69, 9.17) is 9.47 Å². The number of morpholine rings is 1. The predicted molar refractivity (Wildman–Crippen MR) is 122 cm³/mol. The Kier molecular flexibility index (Phi) is 7.24. The zero-order valence-corrected chi connectivity index (χ0v) is 18.4. The first-order valence-corrected chi connectivity index (χ1v) is 11.3. The molecule has 0 N–H and O–H groups in total. The lowest BCUT2D eigenvalue weighted by Crippen LogP contribution is -2.42. The van der Waals surface area contributed by atoms with E-state index in [9.17, 15) is 14.4 Å². The number of amides is 3. The van der Waals surface area contributed by atoms with E-state index in [2.05, 4.69) is 0 Å². The quantitative estimate of drug-likeness (QED) is 0.601. The number of carbonyl (C=O) groups is 3. The smallest absolute Gasteiger partial charge is 0.293 e. The highest BCUT2D eigenvalue weighted by atomic mass is 32.2. The number of nitrogens with zero attached hydrogens (tertiary/aromatic N) is 2. The largest absolute Gasteiger partial charge is 0.484 e. The summed E-state index contributed by atoms with van der Waals surface area (Å²) < 4.78 is 10.8. The minimum absolute atomic E-state index is 0.0281. The van der Waals surface area contributed by atoms with Crippen LogP contribution in [0.4, 0.5) is 4.79 Å². The number of ether oxygens (including phenoxy) is 2. The monoisotopic (exact) mass is 452 g/mol. The van der Waals surface area contributed by atoms with Gasteiger partial charge >= 0.3 is 0 Å². The summed E-state index contributed by atoms with van der Waals surface area (Å²) in [6.45, 7) is 2.61. The number of benzene rings is 2. The van der Waals surface area contributed by atoms with Gasteiger partial charge in [-0.2, -0.15) is 0 Å². The van der Waals surface area contributed by atoms with Crippen molar-refractivity contribution in [2.45, 2.75) is 6.42 Å². The van der Waals surface area contributed by atoms with Gasteiger partial charge in [-0.3, -0.25) is 19.3 Å². The van der Waals surface area contributed by atoms with Gasteiger partial charge in [-0.25, -0.2) is 0 Å². The molecule has 2 aliphatic heterocycles. The van der Waals surface area contributed by atoms with Crippen LogP contribution in [0.15, 0.2) is 59.5 Å². The summed E-state index contributed by atoms with van der Waals surface area (Å²) in [5.41, 5.74) is 1.86. The average molecular weight is 453 g/mol. The van der Waals surface area contributed by atoms with Crippen LogP contribution >= 0.6 is 11.8 Å². The maximum Gasteiger partial charge on any atom is 0.293 e. The third-order valence-corrected chi connectivity index (χ3v) is 6.15. The summed E-state index contributed by atoms with van der Waals surface area (Å²) in [5.74, 6) is 0.230. The van der Waals surface area contributed by atoms with E-state index in [1.54, 1.807) is 35.2 Å². The second-order valence-electron chi connectivity index (χ2n) is 7.42. The topological polar surface area (TPSA) is 76.2 Å². The third-order valence-electron chi connectivity index (χ3n) is 5.24. The lowest BCUT2D eigenvalue weighted by molar-refractivity contribution is -0.137. The van der Waals surface area contributed by atoms with E-state index >= 15 is 0 Å². The van der Waals surface area contributed by atoms with Crippen molar-refractivity contribution >= 4 is 34.9 Å². The molecule has 0 spiro atoms. The number of carbonyl (C=O) groups excluding carboxylic acids is 3. The minimum atomic E-state index is -0.271. The summed E-state index contributed by atoms with van der Waals surface area (Å²) in [6.07, 6.45) is 2.33. The van der Waals surface area contributed by atoms with Crippen LogP contribution in [0.2, 0.25) is 0 Å². The van der Waals surface area contributed by atoms with Gasteiger partial charge in [0, 0.05) is 19.6 Å². The molecule has 0 bridgehead atoms. The molecule has 7 nitrogen and oxygen atoms in total. The Hall–Kier alpha value is -3.10. The molecule has 2 aliphatic rings. The molecular formula is C24H24N2O5S. The molecule has 0 unspecified atom stereocenters. The van der Waals surface area contributed by atoms with Gasteiger partial charge in [0.05, 0.1) is 18.1 Å². The van der Waals surface area contributed by atoms with Gasteiger partial charge in [0.2, 0.25) is 0 Å². The lowest BCUT2D eigenvalue weighted by Gasteiger charge is -2.26. The van der Waals surface area contributed by atoms with E-state index in [-0.39, 0.29) is 23.7 Å². The Morgan fingerprint density at radius 3 is 2.47 bits per heavy atom. The third kappa shape index (κ3) is 5.57. The van der Waals surface area contributed by atoms with Crippen LogP contribution in [0, 0.1) is 0 Å². The summed E-state index contributed by atoms with van der Waals surface area (Å²) >= 11 is 0.953. The van der Waals surface area contributed by atoms with Crippen molar-refractivity contribution in [3.8, 4) is 5.75 Å². The number of imide groups is 1. The van der Waals surface area contributed by atoms with E-state index in [1.165, 1.54) is 4.90 Å². The predicted octanol–water partition coefficient (Wildman–Crippen LogP) is 3.20. The average Bonchev–Trinajstić information content (AvgIpc) is 3.10. The van der Waals surface area contributed by atoms with Crippen molar-refractivity contribution in [3.05, 3.63) is 70.6 Å². The van der Waals surface area contributed by atoms with Crippen LogP contribution in [0.3, 0.4) is 0 Å². The zero-order valence-electron chi connectivity index (χ0n) is 17.6. The Morgan fingerprint density at radius 1 is 1.03 bits per heavy atom. The van der Waals surface area contributed by atoms with E-state index < -0.39 is 0 Å². The SMILES string of the molecule is O=C(COc1ccc(/C=C2/SC(=O)N(CCc3ccccc3)C2=O)cc1)N1CCOCC1. The van der Waals surface area contributed by atoms with Gasteiger partial charge in [0.25, 0.3) is 17.1 Å². The second kappa shape index (κ2) is 10.5. The number of thioether (sulfide) groups is 1. The van der Waals surface area contributed by atoms with Gasteiger partial charge in [0.1, 0.15) is 5.75 Å². The van der Waals surface area contributed by atoms with Gasteiger partial charge in [-0.15, -0.1) is 0 Å². The van der Waals surface area contributed by atoms with Crippen LogP contribution in [-0.4, -0.2) is 66.3 Å². The maximum atomic E-state index is 12.7. The molecule has 2 aromatic carbocycles. The van der Waals surface area contributed by atoms with Crippen molar-refractivity contribution in [1.82, 2.24) is 9.80 Å². The fraction of sp³-hybridized carbons (Fsp3) is 0.292. The summed E-state index contributed by atoms with van der Waals surface area (Å²) in [5, 5.41) is -0.251. The molecule has 4 rings (SSSR count). The summed E-state index contributed by atoms with van der Waals surface area (Å²) in [4.78, 5) is 40.6. The molecular weight excluding hydrogens is 428 g/mol. The minimum Gasteiger partial charge on any atom is -0.484 e. The first-order valence-electron chi connectivity index (χ1n) is 10.5. The molecule has 0 saturated carbocycles. The van der Waals surface area contributed by atoms with Crippen molar-refractivity contribution in [2.75, 3.05) is 39.5 Å². The van der Waals surface area contributed by atoms with E-state index in [0.717, 1.165) is 22.9 Å². The Bertz CT molecular complexity index is 1000. The number of hydrogen-bond acceptors (Lipinski definition) is 6. The standard InChI is InChI=1S/C24H24N2O5S/c27-22(25-12-14-30-15-13-25)17-31-20-8-6-19(7-9-20)16-21-23(28)26(24(29)32-21)11-10-18-4-2-1-3-5-18/h1-9,16H,10-15,17H2/b21-16+. The first kappa shape index (κ1) is 22.1. The molecule has 166 valence electrons. The van der Waals surface area contributed by atoms with Crippen LogP contribution < -0.4 is 4.74 Å². The molecule has 0 radical (unpaired) electrons. The highest BCUT2D eigenvalue weighted by Crippen LogP contribution is 2.32. The van der Waals surface area contributed by atoms with Crippen LogP contribution in [0.1, 0.15) is 11.1 Å². The summed E-state index contributed by atoms with van der Waals surface area (Å²) in [7, 11) is 0. The van der Waals surface area contributed by atoms with E-state index in [0.29, 0.717) is 49.9 Å². The van der Waals surface area contributed by atoms with Crippen molar-refractivity contribution in [1.29, 1.82) is 0 Å².